The first-order valence-electron chi connectivity index (χ1n) is 6.02. The Kier molecular flexibility index (Phi) is 3.58. The van der Waals surface area contributed by atoms with Gasteiger partial charge in [0.2, 0.25) is 5.82 Å². The molecule has 0 spiro atoms. The molecule has 0 aliphatic carbocycles. The molecule has 20 heavy (non-hydrogen) atoms. The summed E-state index contributed by atoms with van der Waals surface area (Å²) in [5, 5.41) is 3.99. The van der Waals surface area contributed by atoms with Gasteiger partial charge >= 0.3 is 0 Å². The molecule has 1 aromatic carbocycles. The largest absolute Gasteiger partial charge is 0.332 e. The summed E-state index contributed by atoms with van der Waals surface area (Å²) in [6.07, 6.45) is 1.71. The lowest BCUT2D eigenvalue weighted by Gasteiger charge is -1.97. The van der Waals surface area contributed by atoms with Gasteiger partial charge in [-0.25, -0.2) is 0 Å². The van der Waals surface area contributed by atoms with E-state index in [9.17, 15) is 0 Å². The fourth-order valence-corrected chi connectivity index (χ4v) is 2.21. The van der Waals surface area contributed by atoms with Crippen molar-refractivity contribution in [3.05, 3.63) is 52.6 Å². The number of benzene rings is 1. The molecule has 100 valence electrons. The van der Waals surface area contributed by atoms with Crippen molar-refractivity contribution in [2.75, 3.05) is 0 Å². The SMILES string of the molecule is NCc1ccc(-c2nc(-c3ccccc3Br)no2)nc1. The van der Waals surface area contributed by atoms with Gasteiger partial charge in [-0.05, 0) is 23.8 Å². The Balaban J connectivity index is 1.95. The van der Waals surface area contributed by atoms with Crippen molar-refractivity contribution >= 4 is 15.9 Å². The zero-order chi connectivity index (χ0) is 13.9. The van der Waals surface area contributed by atoms with Gasteiger partial charge in [0.15, 0.2) is 0 Å². The smallest absolute Gasteiger partial charge is 0.276 e. The zero-order valence-electron chi connectivity index (χ0n) is 10.5. The molecule has 0 aliphatic heterocycles. The second-order valence-electron chi connectivity index (χ2n) is 4.16. The molecule has 5 nitrogen and oxygen atoms in total. The Morgan fingerprint density at radius 1 is 1.15 bits per heavy atom. The van der Waals surface area contributed by atoms with Gasteiger partial charge in [0.05, 0.1) is 0 Å². The topological polar surface area (TPSA) is 77.8 Å². The summed E-state index contributed by atoms with van der Waals surface area (Å²) in [7, 11) is 0. The first-order chi connectivity index (χ1) is 9.78. The van der Waals surface area contributed by atoms with Gasteiger partial charge < -0.3 is 10.3 Å². The average Bonchev–Trinajstić information content (AvgIpc) is 2.97. The minimum absolute atomic E-state index is 0.388. The van der Waals surface area contributed by atoms with Crippen LogP contribution in [-0.2, 0) is 6.54 Å². The predicted octanol–water partition coefficient (Wildman–Crippen LogP) is 3.02. The van der Waals surface area contributed by atoms with Gasteiger partial charge in [0.25, 0.3) is 5.89 Å². The van der Waals surface area contributed by atoms with E-state index in [0.29, 0.717) is 24.0 Å². The minimum Gasteiger partial charge on any atom is -0.332 e. The van der Waals surface area contributed by atoms with Crippen LogP contribution in [0, 0.1) is 0 Å². The van der Waals surface area contributed by atoms with Crippen LogP contribution in [0.3, 0.4) is 0 Å². The Morgan fingerprint density at radius 2 is 2.00 bits per heavy atom. The number of nitrogens with two attached hydrogens (primary N) is 1. The van der Waals surface area contributed by atoms with E-state index >= 15 is 0 Å². The summed E-state index contributed by atoms with van der Waals surface area (Å²) in [5.74, 6) is 0.913. The van der Waals surface area contributed by atoms with Crippen LogP contribution in [0.4, 0.5) is 0 Å². The monoisotopic (exact) mass is 330 g/mol. The quantitative estimate of drug-likeness (QED) is 0.798. The van der Waals surface area contributed by atoms with Crippen molar-refractivity contribution in [1.82, 2.24) is 15.1 Å². The number of nitrogens with zero attached hydrogens (tertiary/aromatic N) is 3. The Bertz CT molecular complexity index is 724. The van der Waals surface area contributed by atoms with Crippen LogP contribution in [0.15, 0.2) is 51.6 Å². The second-order valence-corrected chi connectivity index (χ2v) is 5.01. The number of halogens is 1. The maximum atomic E-state index is 5.54. The summed E-state index contributed by atoms with van der Waals surface area (Å²) < 4.78 is 6.17. The molecule has 0 saturated heterocycles. The van der Waals surface area contributed by atoms with Gasteiger partial charge in [0, 0.05) is 22.8 Å². The van der Waals surface area contributed by atoms with E-state index in [1.807, 2.05) is 36.4 Å². The number of rotatable bonds is 3. The summed E-state index contributed by atoms with van der Waals surface area (Å²) >= 11 is 3.47. The van der Waals surface area contributed by atoms with Crippen LogP contribution in [0.2, 0.25) is 0 Å². The third-order valence-corrected chi connectivity index (χ3v) is 3.51. The Hall–Kier alpha value is -2.05. The summed E-state index contributed by atoms with van der Waals surface area (Å²) in [4.78, 5) is 8.63. The lowest BCUT2D eigenvalue weighted by atomic mass is 10.2. The van der Waals surface area contributed by atoms with E-state index < -0.39 is 0 Å². The average molecular weight is 331 g/mol. The van der Waals surface area contributed by atoms with E-state index in [-0.39, 0.29) is 0 Å². The predicted molar refractivity (Wildman–Crippen MR) is 78.6 cm³/mol. The fraction of sp³-hybridized carbons (Fsp3) is 0.0714. The lowest BCUT2D eigenvalue weighted by molar-refractivity contribution is 0.431. The first-order valence-corrected chi connectivity index (χ1v) is 6.81. The molecule has 0 radical (unpaired) electrons. The highest BCUT2D eigenvalue weighted by Crippen LogP contribution is 2.27. The van der Waals surface area contributed by atoms with Gasteiger partial charge in [0.1, 0.15) is 5.69 Å². The summed E-state index contributed by atoms with van der Waals surface area (Å²) in [5.41, 5.74) is 8.00. The van der Waals surface area contributed by atoms with Crippen LogP contribution in [-0.4, -0.2) is 15.1 Å². The fourth-order valence-electron chi connectivity index (χ4n) is 1.75. The van der Waals surface area contributed by atoms with Crippen molar-refractivity contribution in [2.24, 2.45) is 5.73 Å². The molecule has 2 heterocycles. The third kappa shape index (κ3) is 2.48. The van der Waals surface area contributed by atoms with E-state index in [1.54, 1.807) is 6.20 Å². The van der Waals surface area contributed by atoms with Crippen molar-refractivity contribution < 1.29 is 4.52 Å². The molecule has 0 fully saturated rings. The van der Waals surface area contributed by atoms with Crippen molar-refractivity contribution in [2.45, 2.75) is 6.54 Å². The highest BCUT2D eigenvalue weighted by atomic mass is 79.9. The number of aromatic nitrogens is 3. The molecule has 0 aliphatic rings. The molecule has 2 aromatic heterocycles. The van der Waals surface area contributed by atoms with Crippen molar-refractivity contribution in [1.29, 1.82) is 0 Å². The molecule has 0 atom stereocenters. The Morgan fingerprint density at radius 3 is 2.70 bits per heavy atom. The highest BCUT2D eigenvalue weighted by molar-refractivity contribution is 9.10. The van der Waals surface area contributed by atoms with Gasteiger partial charge in [-0.1, -0.05) is 39.3 Å². The standard InChI is InChI=1S/C14H11BrN4O/c15-11-4-2-1-3-10(11)13-18-14(20-19-13)12-6-5-9(7-16)8-17-12/h1-6,8H,7,16H2. The van der Waals surface area contributed by atoms with Gasteiger partial charge in [-0.3, -0.25) is 4.98 Å². The molecule has 0 amide bonds. The van der Waals surface area contributed by atoms with E-state index in [0.717, 1.165) is 15.6 Å². The van der Waals surface area contributed by atoms with E-state index in [2.05, 4.69) is 31.1 Å². The summed E-state index contributed by atoms with van der Waals surface area (Å²) in [6, 6.07) is 11.4. The highest BCUT2D eigenvalue weighted by Gasteiger charge is 2.13. The second kappa shape index (κ2) is 5.52. The number of hydrogen-bond donors (Lipinski definition) is 1. The van der Waals surface area contributed by atoms with E-state index in [4.69, 9.17) is 10.3 Å². The van der Waals surface area contributed by atoms with Gasteiger partial charge in [-0.2, -0.15) is 4.98 Å². The molecule has 3 rings (SSSR count). The molecule has 3 aromatic rings. The maximum Gasteiger partial charge on any atom is 0.276 e. The summed E-state index contributed by atoms with van der Waals surface area (Å²) in [6.45, 7) is 0.458. The van der Waals surface area contributed by atoms with Crippen LogP contribution in [0.5, 0.6) is 0 Å². The van der Waals surface area contributed by atoms with Crippen LogP contribution < -0.4 is 5.73 Å². The molecule has 0 unspecified atom stereocenters. The molecular formula is C14H11BrN4O. The van der Waals surface area contributed by atoms with Crippen molar-refractivity contribution in [3.63, 3.8) is 0 Å². The molecule has 0 bridgehead atoms. The third-order valence-electron chi connectivity index (χ3n) is 2.82. The molecule has 6 heteroatoms. The first kappa shape index (κ1) is 13.0. The minimum atomic E-state index is 0.388. The van der Waals surface area contributed by atoms with Crippen molar-refractivity contribution in [3.8, 4) is 23.0 Å². The Labute approximate surface area is 124 Å². The van der Waals surface area contributed by atoms with Crippen LogP contribution in [0.25, 0.3) is 23.0 Å². The van der Waals surface area contributed by atoms with Crippen LogP contribution in [0.1, 0.15) is 5.56 Å². The van der Waals surface area contributed by atoms with E-state index in [1.165, 1.54) is 0 Å². The lowest BCUT2D eigenvalue weighted by Crippen LogP contribution is -1.96. The molecule has 2 N–H and O–H groups in total. The zero-order valence-corrected chi connectivity index (χ0v) is 12.0. The molecule has 0 saturated carbocycles. The number of hydrogen-bond acceptors (Lipinski definition) is 5. The number of pyridine rings is 1. The normalized spacial score (nSPS) is 10.7. The molecular weight excluding hydrogens is 320 g/mol. The van der Waals surface area contributed by atoms with Gasteiger partial charge in [-0.15, -0.1) is 0 Å². The van der Waals surface area contributed by atoms with Crippen LogP contribution >= 0.6 is 15.9 Å². The maximum absolute atomic E-state index is 5.54.